The molecule has 0 spiro atoms. The summed E-state index contributed by atoms with van der Waals surface area (Å²) in [4.78, 5) is 1.43. The van der Waals surface area contributed by atoms with E-state index in [-0.39, 0.29) is 0 Å². The molecular weight excluding hydrogens is 366 g/mol. The van der Waals surface area contributed by atoms with Gasteiger partial charge < -0.3 is 5.32 Å². The van der Waals surface area contributed by atoms with Gasteiger partial charge in [0.2, 0.25) is 0 Å². The molecule has 1 aliphatic rings. The summed E-state index contributed by atoms with van der Waals surface area (Å²) >= 11 is 11.4. The lowest BCUT2D eigenvalue weighted by Crippen LogP contribution is -2.30. The third-order valence-electron chi connectivity index (χ3n) is 4.77. The summed E-state index contributed by atoms with van der Waals surface area (Å²) < 4.78 is 1.96. The van der Waals surface area contributed by atoms with Crippen LogP contribution in [0.5, 0.6) is 0 Å². The highest BCUT2D eigenvalue weighted by atomic mass is 79.9. The molecule has 0 unspecified atom stereocenters. The van der Waals surface area contributed by atoms with Crippen LogP contribution in [-0.4, -0.2) is 13.1 Å². The van der Waals surface area contributed by atoms with Crippen LogP contribution >= 0.6 is 38.9 Å². The predicted molar refractivity (Wildman–Crippen MR) is 98.6 cm³/mol. The van der Waals surface area contributed by atoms with Crippen LogP contribution in [0.25, 0.3) is 0 Å². The van der Waals surface area contributed by atoms with Crippen molar-refractivity contribution in [3.63, 3.8) is 0 Å². The molecule has 1 aliphatic carbocycles. The van der Waals surface area contributed by atoms with E-state index in [1.54, 1.807) is 11.3 Å². The number of halogens is 2. The van der Waals surface area contributed by atoms with Gasteiger partial charge in [0.15, 0.2) is 0 Å². The lowest BCUT2D eigenvalue weighted by Gasteiger charge is -2.38. The van der Waals surface area contributed by atoms with Crippen molar-refractivity contribution in [3.8, 4) is 0 Å². The van der Waals surface area contributed by atoms with Crippen LogP contribution in [-0.2, 0) is 6.42 Å². The Morgan fingerprint density at radius 3 is 2.62 bits per heavy atom. The number of rotatable bonds is 8. The van der Waals surface area contributed by atoms with Crippen LogP contribution in [0.15, 0.2) is 10.5 Å². The van der Waals surface area contributed by atoms with Crippen LogP contribution in [0.4, 0.5) is 0 Å². The summed E-state index contributed by atoms with van der Waals surface area (Å²) in [7, 11) is 0. The highest BCUT2D eigenvalue weighted by Gasteiger charge is 2.31. The topological polar surface area (TPSA) is 12.0 Å². The molecule has 120 valence electrons. The number of thiophene rings is 1. The number of aryl methyl sites for hydroxylation is 1. The molecule has 4 heteroatoms. The minimum Gasteiger partial charge on any atom is -0.317 e. The fourth-order valence-electron chi connectivity index (χ4n) is 3.49. The molecule has 0 bridgehead atoms. The SMILES string of the molecule is CCCNCCC1(CCc2cc(Br)c(Cl)s2)CCCCC1. The molecule has 0 atom stereocenters. The molecule has 0 radical (unpaired) electrons. The summed E-state index contributed by atoms with van der Waals surface area (Å²) in [6.45, 7) is 4.58. The second kappa shape index (κ2) is 8.90. The van der Waals surface area contributed by atoms with Gasteiger partial charge in [0.05, 0.1) is 0 Å². The first-order valence-corrected chi connectivity index (χ1v) is 10.3. The van der Waals surface area contributed by atoms with E-state index in [0.717, 1.165) is 15.4 Å². The summed E-state index contributed by atoms with van der Waals surface area (Å²) in [5, 5.41) is 3.59. The van der Waals surface area contributed by atoms with E-state index in [1.807, 2.05) is 0 Å². The third kappa shape index (κ3) is 5.53. The van der Waals surface area contributed by atoms with Crippen LogP contribution in [0.1, 0.15) is 63.2 Å². The zero-order chi connectivity index (χ0) is 15.1. The fourth-order valence-corrected chi connectivity index (χ4v) is 5.28. The smallest absolute Gasteiger partial charge is 0.107 e. The molecule has 0 amide bonds. The van der Waals surface area contributed by atoms with Gasteiger partial charge in [-0.25, -0.2) is 0 Å². The number of hydrogen-bond donors (Lipinski definition) is 1. The van der Waals surface area contributed by atoms with E-state index in [0.29, 0.717) is 5.41 Å². The van der Waals surface area contributed by atoms with E-state index in [9.17, 15) is 0 Å². The summed E-state index contributed by atoms with van der Waals surface area (Å²) in [6.07, 6.45) is 12.2. The highest BCUT2D eigenvalue weighted by Crippen LogP contribution is 2.44. The van der Waals surface area contributed by atoms with E-state index < -0.39 is 0 Å². The molecule has 1 saturated carbocycles. The average Bonchev–Trinajstić information content (AvgIpc) is 2.82. The molecule has 1 N–H and O–H groups in total. The quantitative estimate of drug-likeness (QED) is 0.502. The number of hydrogen-bond acceptors (Lipinski definition) is 2. The van der Waals surface area contributed by atoms with Gasteiger partial charge in [-0.1, -0.05) is 37.8 Å². The van der Waals surface area contributed by atoms with E-state index in [1.165, 1.54) is 69.2 Å². The molecule has 1 aromatic heterocycles. The van der Waals surface area contributed by atoms with Crippen molar-refractivity contribution in [3.05, 3.63) is 19.8 Å². The van der Waals surface area contributed by atoms with Gasteiger partial charge in [-0.2, -0.15) is 0 Å². The van der Waals surface area contributed by atoms with Crippen molar-refractivity contribution in [2.75, 3.05) is 13.1 Å². The molecule has 1 nitrogen and oxygen atoms in total. The normalized spacial score (nSPS) is 18.0. The first kappa shape index (κ1) is 17.8. The van der Waals surface area contributed by atoms with Gasteiger partial charge >= 0.3 is 0 Å². The van der Waals surface area contributed by atoms with Gasteiger partial charge in [-0.3, -0.25) is 0 Å². The largest absolute Gasteiger partial charge is 0.317 e. The third-order valence-corrected chi connectivity index (χ3v) is 7.31. The molecule has 21 heavy (non-hydrogen) atoms. The number of nitrogens with one attached hydrogen (secondary N) is 1. The Balaban J connectivity index is 1.89. The Hall–Kier alpha value is 0.430. The maximum atomic E-state index is 6.17. The van der Waals surface area contributed by atoms with Crippen molar-refractivity contribution in [1.82, 2.24) is 5.32 Å². The molecule has 0 aliphatic heterocycles. The monoisotopic (exact) mass is 391 g/mol. The van der Waals surface area contributed by atoms with Crippen LogP contribution in [0, 0.1) is 5.41 Å². The Bertz CT molecular complexity index is 407. The van der Waals surface area contributed by atoms with Gasteiger partial charge in [-0.15, -0.1) is 11.3 Å². The minimum atomic E-state index is 0.571. The lowest BCUT2D eigenvalue weighted by molar-refractivity contribution is 0.157. The zero-order valence-corrected chi connectivity index (χ0v) is 16.2. The van der Waals surface area contributed by atoms with Crippen LogP contribution in [0.2, 0.25) is 4.34 Å². The van der Waals surface area contributed by atoms with Crippen LogP contribution < -0.4 is 5.32 Å². The first-order valence-electron chi connectivity index (χ1n) is 8.30. The van der Waals surface area contributed by atoms with Gasteiger partial charge in [0.1, 0.15) is 4.34 Å². The van der Waals surface area contributed by atoms with Crippen molar-refractivity contribution < 1.29 is 0 Å². The second-order valence-corrected chi connectivity index (χ2v) is 8.99. The molecule has 0 saturated heterocycles. The zero-order valence-electron chi connectivity index (χ0n) is 13.0. The van der Waals surface area contributed by atoms with Gasteiger partial charge in [0.25, 0.3) is 0 Å². The Kier molecular flexibility index (Phi) is 7.54. The van der Waals surface area contributed by atoms with Crippen molar-refractivity contribution in [2.45, 2.75) is 64.7 Å². The van der Waals surface area contributed by atoms with Crippen molar-refractivity contribution in [1.29, 1.82) is 0 Å². The molecule has 2 rings (SSSR count). The Morgan fingerprint density at radius 1 is 1.24 bits per heavy atom. The van der Waals surface area contributed by atoms with Crippen molar-refractivity contribution >= 4 is 38.9 Å². The Morgan fingerprint density at radius 2 is 2.00 bits per heavy atom. The molecule has 1 fully saturated rings. The summed E-state index contributed by atoms with van der Waals surface area (Å²) in [5.41, 5.74) is 0.571. The molecule has 1 aromatic rings. The fraction of sp³-hybridized carbons (Fsp3) is 0.765. The van der Waals surface area contributed by atoms with Crippen molar-refractivity contribution in [2.24, 2.45) is 5.41 Å². The lowest BCUT2D eigenvalue weighted by atomic mass is 9.69. The molecule has 0 aromatic carbocycles. The molecular formula is C17H27BrClNS. The molecule has 1 heterocycles. The van der Waals surface area contributed by atoms with E-state index in [4.69, 9.17) is 11.6 Å². The van der Waals surface area contributed by atoms with Gasteiger partial charge in [0, 0.05) is 9.35 Å². The van der Waals surface area contributed by atoms with E-state index >= 15 is 0 Å². The summed E-state index contributed by atoms with van der Waals surface area (Å²) in [6, 6.07) is 2.21. The second-order valence-electron chi connectivity index (χ2n) is 6.40. The average molecular weight is 393 g/mol. The minimum absolute atomic E-state index is 0.571. The Labute approximate surface area is 147 Å². The predicted octanol–water partition coefficient (Wildman–Crippen LogP) is 6.44. The van der Waals surface area contributed by atoms with E-state index in [2.05, 4.69) is 34.2 Å². The highest BCUT2D eigenvalue weighted by molar-refractivity contribution is 9.10. The van der Waals surface area contributed by atoms with Gasteiger partial charge in [-0.05, 0) is 79.0 Å². The standard InChI is InChI=1S/C17H27BrClNS/c1-2-11-20-12-10-17(7-4-3-5-8-17)9-6-14-13-15(18)16(19)21-14/h13,20H,2-12H2,1H3. The summed E-state index contributed by atoms with van der Waals surface area (Å²) in [5.74, 6) is 0. The first-order chi connectivity index (χ1) is 10.2. The maximum absolute atomic E-state index is 6.17. The van der Waals surface area contributed by atoms with Crippen LogP contribution in [0.3, 0.4) is 0 Å². The maximum Gasteiger partial charge on any atom is 0.107 e.